The first-order valence-electron chi connectivity index (χ1n) is 12.5. The second-order valence-corrected chi connectivity index (χ2v) is 10.9. The zero-order valence-electron chi connectivity index (χ0n) is 21.4. The molecule has 4 aromatic rings. The highest BCUT2D eigenvalue weighted by atomic mass is 35.5. The van der Waals surface area contributed by atoms with Crippen LogP contribution in [0.3, 0.4) is 0 Å². The van der Waals surface area contributed by atoms with Crippen molar-refractivity contribution >= 4 is 52.5 Å². The van der Waals surface area contributed by atoms with Crippen molar-refractivity contribution in [1.82, 2.24) is 14.8 Å². The van der Waals surface area contributed by atoms with Crippen molar-refractivity contribution < 1.29 is 9.53 Å². The summed E-state index contributed by atoms with van der Waals surface area (Å²) >= 11 is 13.7. The highest BCUT2D eigenvalue weighted by Crippen LogP contribution is 2.37. The minimum atomic E-state index is -0.474. The highest BCUT2D eigenvalue weighted by molar-refractivity contribution is 7.99. The van der Waals surface area contributed by atoms with Crippen LogP contribution in [0.15, 0.2) is 89.2 Å². The van der Waals surface area contributed by atoms with Crippen molar-refractivity contribution in [3.05, 3.63) is 105 Å². The monoisotopic (exact) mass is 579 g/mol. The lowest BCUT2D eigenvalue weighted by atomic mass is 9.95. The molecule has 1 aromatic heterocycles. The predicted molar refractivity (Wildman–Crippen MR) is 158 cm³/mol. The molecule has 0 saturated carbocycles. The lowest BCUT2D eigenvalue weighted by Gasteiger charge is -2.28. The van der Waals surface area contributed by atoms with E-state index in [2.05, 4.69) is 22.5 Å². The van der Waals surface area contributed by atoms with Gasteiger partial charge >= 0.3 is 0 Å². The fourth-order valence-corrected chi connectivity index (χ4v) is 5.25. The summed E-state index contributed by atoms with van der Waals surface area (Å²) in [6.45, 7) is 4.35. The van der Waals surface area contributed by atoms with Gasteiger partial charge in [0, 0.05) is 17.1 Å². The van der Waals surface area contributed by atoms with E-state index < -0.39 is 6.04 Å². The van der Waals surface area contributed by atoms with Gasteiger partial charge in [0.1, 0.15) is 18.4 Å². The summed E-state index contributed by atoms with van der Waals surface area (Å²) in [6, 6.07) is 22.0. The van der Waals surface area contributed by atoms with Crippen LogP contribution in [-0.2, 0) is 11.4 Å². The minimum Gasteiger partial charge on any atom is -0.489 e. The molecule has 39 heavy (non-hydrogen) atoms. The molecule has 0 aliphatic carbocycles. The summed E-state index contributed by atoms with van der Waals surface area (Å²) in [5.74, 6) is 1.99. The number of rotatable bonds is 9. The first-order chi connectivity index (χ1) is 18.9. The van der Waals surface area contributed by atoms with Crippen molar-refractivity contribution in [1.29, 1.82) is 0 Å². The van der Waals surface area contributed by atoms with Crippen molar-refractivity contribution in [3.8, 4) is 5.75 Å². The number of hydrogen-bond donors (Lipinski definition) is 2. The van der Waals surface area contributed by atoms with Crippen LogP contribution in [0.1, 0.15) is 37.4 Å². The maximum atomic E-state index is 13.6. The van der Waals surface area contributed by atoms with E-state index in [1.807, 2.05) is 67.6 Å². The lowest BCUT2D eigenvalue weighted by Crippen LogP contribution is -2.31. The van der Waals surface area contributed by atoms with Crippen LogP contribution in [0.25, 0.3) is 0 Å². The molecule has 1 aliphatic heterocycles. The van der Waals surface area contributed by atoms with E-state index in [1.165, 1.54) is 0 Å². The topological polar surface area (TPSA) is 81.1 Å². The summed E-state index contributed by atoms with van der Waals surface area (Å²) in [7, 11) is 0. The number of thioether (sulfide) groups is 1. The van der Waals surface area contributed by atoms with Crippen molar-refractivity contribution in [3.63, 3.8) is 0 Å². The van der Waals surface area contributed by atoms with Gasteiger partial charge in [-0.1, -0.05) is 78.3 Å². The number of para-hydroxylation sites is 1. The van der Waals surface area contributed by atoms with E-state index >= 15 is 0 Å². The molecule has 0 radical (unpaired) electrons. The molecule has 1 aliphatic rings. The Morgan fingerprint density at radius 2 is 1.85 bits per heavy atom. The first kappa shape index (κ1) is 27.1. The number of fused-ring (bicyclic) bond motifs is 1. The van der Waals surface area contributed by atoms with Gasteiger partial charge in [-0.3, -0.25) is 4.79 Å². The highest BCUT2D eigenvalue weighted by Gasteiger charge is 2.34. The number of allylic oxidation sites excluding steroid dienone is 1. The third-order valence-electron chi connectivity index (χ3n) is 6.13. The van der Waals surface area contributed by atoms with Gasteiger partial charge in [-0.25, -0.2) is 4.68 Å². The maximum Gasteiger partial charge on any atom is 0.255 e. The Morgan fingerprint density at radius 1 is 1.08 bits per heavy atom. The molecule has 7 nitrogen and oxygen atoms in total. The molecule has 0 saturated heterocycles. The molecule has 2 heterocycles. The van der Waals surface area contributed by atoms with Gasteiger partial charge in [0.05, 0.1) is 15.6 Å². The van der Waals surface area contributed by atoms with Crippen molar-refractivity contribution in [2.24, 2.45) is 0 Å². The molecule has 1 amide bonds. The fourth-order valence-electron chi connectivity index (χ4n) is 4.25. The molecule has 1 atom stereocenters. The van der Waals surface area contributed by atoms with E-state index in [9.17, 15) is 4.79 Å². The summed E-state index contributed by atoms with van der Waals surface area (Å²) in [5, 5.41) is 12.7. The molecule has 0 fully saturated rings. The van der Waals surface area contributed by atoms with E-state index in [-0.39, 0.29) is 5.91 Å². The largest absolute Gasteiger partial charge is 0.489 e. The third kappa shape index (κ3) is 6.24. The number of amides is 1. The molecule has 200 valence electrons. The van der Waals surface area contributed by atoms with Crippen LogP contribution in [0.5, 0.6) is 5.75 Å². The number of halogens is 2. The van der Waals surface area contributed by atoms with E-state index in [0.717, 1.165) is 34.7 Å². The molecular formula is C29H27Cl2N5O2S. The standard InChI is InChI=1S/C29H27Cl2N5O2S/c1-3-15-39-29-34-28-32-18(2)25(27(37)33-21-7-5-4-6-8-21)26(36(28)35-29)20-10-12-22(13-11-20)38-17-19-9-14-23(30)24(31)16-19/h4-14,16,26H,3,15,17H2,1-2H3,(H,33,37)(H,32,34,35). The van der Waals surface area contributed by atoms with Gasteiger partial charge in [-0.05, 0) is 60.9 Å². The third-order valence-corrected chi connectivity index (χ3v) is 7.91. The second kappa shape index (κ2) is 12.2. The summed E-state index contributed by atoms with van der Waals surface area (Å²) in [4.78, 5) is 18.3. The quantitative estimate of drug-likeness (QED) is 0.199. The molecule has 10 heteroatoms. The summed E-state index contributed by atoms with van der Waals surface area (Å²) < 4.78 is 7.77. The molecular weight excluding hydrogens is 553 g/mol. The number of aromatic nitrogens is 3. The number of benzene rings is 3. The Bertz CT molecular complexity index is 1510. The normalized spacial score (nSPS) is 14.5. The Labute approximate surface area is 241 Å². The van der Waals surface area contributed by atoms with Gasteiger partial charge in [0.2, 0.25) is 11.1 Å². The molecule has 2 N–H and O–H groups in total. The van der Waals surface area contributed by atoms with Gasteiger partial charge in [0.25, 0.3) is 5.91 Å². The molecule has 3 aromatic carbocycles. The molecule has 1 unspecified atom stereocenters. The Kier molecular flexibility index (Phi) is 8.45. The van der Waals surface area contributed by atoms with Crippen LogP contribution < -0.4 is 15.4 Å². The van der Waals surface area contributed by atoms with E-state index in [0.29, 0.717) is 39.1 Å². The fraction of sp³-hybridized carbons (Fsp3) is 0.207. The number of ether oxygens (including phenoxy) is 1. The van der Waals surface area contributed by atoms with Crippen LogP contribution in [0, 0.1) is 0 Å². The number of hydrogen-bond acceptors (Lipinski definition) is 6. The summed E-state index contributed by atoms with van der Waals surface area (Å²) in [6.07, 6.45) is 1.01. The maximum absolute atomic E-state index is 13.6. The Balaban J connectivity index is 1.43. The number of nitrogens with zero attached hydrogens (tertiary/aromatic N) is 3. The first-order valence-corrected chi connectivity index (χ1v) is 14.3. The van der Waals surface area contributed by atoms with E-state index in [4.69, 9.17) is 33.0 Å². The molecule has 5 rings (SSSR count). The molecule has 0 spiro atoms. The second-order valence-electron chi connectivity index (χ2n) is 9.00. The van der Waals surface area contributed by atoms with E-state index in [1.54, 1.807) is 28.6 Å². The Hall–Kier alpha value is -3.46. The van der Waals surface area contributed by atoms with Crippen LogP contribution in [0.4, 0.5) is 11.6 Å². The number of nitrogens with one attached hydrogen (secondary N) is 2. The van der Waals surface area contributed by atoms with Crippen molar-refractivity contribution in [2.75, 3.05) is 16.4 Å². The number of carbonyl (C=O) groups is 1. The minimum absolute atomic E-state index is 0.208. The SMILES string of the molecule is CCCSc1nc2n(n1)C(c1ccc(OCc3ccc(Cl)c(Cl)c3)cc1)C(C(=O)Nc1ccccc1)=C(C)N2. The average molecular weight is 581 g/mol. The van der Waals surface area contributed by atoms with Crippen LogP contribution in [-0.4, -0.2) is 26.4 Å². The summed E-state index contributed by atoms with van der Waals surface area (Å²) in [5.41, 5.74) is 3.80. The van der Waals surface area contributed by atoms with Gasteiger partial charge in [-0.15, -0.1) is 5.10 Å². The van der Waals surface area contributed by atoms with Gasteiger partial charge in [0.15, 0.2) is 0 Å². The zero-order valence-corrected chi connectivity index (χ0v) is 23.8. The number of anilines is 2. The van der Waals surface area contributed by atoms with Gasteiger partial charge < -0.3 is 15.4 Å². The van der Waals surface area contributed by atoms with Crippen molar-refractivity contribution in [2.45, 2.75) is 38.1 Å². The smallest absolute Gasteiger partial charge is 0.255 e. The lowest BCUT2D eigenvalue weighted by molar-refractivity contribution is -0.113. The average Bonchev–Trinajstić information content (AvgIpc) is 3.35. The zero-order chi connectivity index (χ0) is 27.4. The van der Waals surface area contributed by atoms with Crippen LogP contribution >= 0.6 is 35.0 Å². The predicted octanol–water partition coefficient (Wildman–Crippen LogP) is 7.59. The Morgan fingerprint density at radius 3 is 2.56 bits per heavy atom. The van der Waals surface area contributed by atoms with Crippen LogP contribution in [0.2, 0.25) is 10.0 Å². The van der Waals surface area contributed by atoms with Gasteiger partial charge in [-0.2, -0.15) is 4.98 Å². The molecule has 0 bridgehead atoms. The number of carbonyl (C=O) groups excluding carboxylic acids is 1.